The van der Waals surface area contributed by atoms with Gasteiger partial charge in [-0.05, 0) is 26.0 Å². The third-order valence-electron chi connectivity index (χ3n) is 2.46. The van der Waals surface area contributed by atoms with E-state index in [1.54, 1.807) is 13.8 Å². The molecule has 4 N–H and O–H groups in total. The van der Waals surface area contributed by atoms with Gasteiger partial charge in [0.1, 0.15) is 5.30 Å². The molecule has 0 aliphatic carbocycles. The van der Waals surface area contributed by atoms with Gasteiger partial charge in [0.15, 0.2) is 0 Å². The summed E-state index contributed by atoms with van der Waals surface area (Å²) >= 11 is 0. The third kappa shape index (κ3) is 3.30. The van der Waals surface area contributed by atoms with Crippen molar-refractivity contribution in [3.05, 3.63) is 17.7 Å². The van der Waals surface area contributed by atoms with E-state index in [0.717, 1.165) is 0 Å². The Kier molecular flexibility index (Phi) is 5.56. The average Bonchev–Trinajstić information content (AvgIpc) is 2.37. The number of anilines is 2. The summed E-state index contributed by atoms with van der Waals surface area (Å²) in [6.07, 6.45) is 0. The first kappa shape index (κ1) is 16.5. The molecule has 112 valence electrons. The maximum Gasteiger partial charge on any atom is 0.365 e. The number of carbonyl (C=O) groups excluding carboxylic acids is 1. The summed E-state index contributed by atoms with van der Waals surface area (Å²) in [4.78, 5) is 11.5. The van der Waals surface area contributed by atoms with Crippen LogP contribution in [0.2, 0.25) is 0 Å². The Hall–Kier alpha value is -1.56. The minimum absolute atomic E-state index is 0.0654. The molecule has 8 heteroatoms. The fourth-order valence-corrected chi connectivity index (χ4v) is 3.51. The highest BCUT2D eigenvalue weighted by molar-refractivity contribution is 7.63. The van der Waals surface area contributed by atoms with E-state index in [4.69, 9.17) is 20.5 Å². The summed E-state index contributed by atoms with van der Waals surface area (Å²) < 4.78 is 27.7. The molecule has 0 radical (unpaired) electrons. The first-order chi connectivity index (χ1) is 9.39. The number of methoxy groups -OCH3 is 1. The van der Waals surface area contributed by atoms with Crippen molar-refractivity contribution in [1.82, 2.24) is 0 Å². The summed E-state index contributed by atoms with van der Waals surface area (Å²) in [5.41, 5.74) is 12.0. The Morgan fingerprint density at radius 1 is 1.15 bits per heavy atom. The van der Waals surface area contributed by atoms with Gasteiger partial charge in [0.05, 0.1) is 25.9 Å². The summed E-state index contributed by atoms with van der Waals surface area (Å²) in [6.45, 7) is 3.71. The topological polar surface area (TPSA) is 114 Å². The maximum absolute atomic E-state index is 12.7. The van der Waals surface area contributed by atoms with Crippen LogP contribution in [-0.2, 0) is 18.3 Å². The highest BCUT2D eigenvalue weighted by atomic mass is 31.2. The second-order valence-electron chi connectivity index (χ2n) is 3.83. The van der Waals surface area contributed by atoms with Gasteiger partial charge in [-0.3, -0.25) is 4.57 Å². The molecule has 0 fully saturated rings. The molecule has 0 bridgehead atoms. The van der Waals surface area contributed by atoms with E-state index >= 15 is 0 Å². The number of hydrogen-bond acceptors (Lipinski definition) is 7. The lowest BCUT2D eigenvalue weighted by atomic mass is 10.2. The van der Waals surface area contributed by atoms with Gasteiger partial charge in [-0.25, -0.2) is 4.79 Å². The Balaban J connectivity index is 3.38. The van der Waals surface area contributed by atoms with Crippen LogP contribution in [-0.4, -0.2) is 26.3 Å². The zero-order valence-electron chi connectivity index (χ0n) is 11.7. The molecule has 0 saturated heterocycles. The Bertz CT molecular complexity index is 514. The minimum atomic E-state index is -3.61. The van der Waals surface area contributed by atoms with Gasteiger partial charge < -0.3 is 25.3 Å². The lowest BCUT2D eigenvalue weighted by molar-refractivity contribution is 0.0601. The summed E-state index contributed by atoms with van der Waals surface area (Å²) in [7, 11) is -2.36. The lowest BCUT2D eigenvalue weighted by Crippen LogP contribution is -2.20. The number of carbonyl (C=O) groups is 1. The summed E-state index contributed by atoms with van der Waals surface area (Å²) in [5.74, 6) is -0.586. The van der Waals surface area contributed by atoms with E-state index in [0.29, 0.717) is 0 Å². The molecule has 0 amide bonds. The molecule has 0 spiro atoms. The maximum atomic E-state index is 12.7. The van der Waals surface area contributed by atoms with Gasteiger partial charge in [0, 0.05) is 11.4 Å². The average molecular weight is 302 g/mol. The van der Waals surface area contributed by atoms with Crippen molar-refractivity contribution < 1.29 is 23.1 Å². The number of esters is 1. The molecule has 1 rings (SSSR count). The second kappa shape index (κ2) is 6.74. The number of ether oxygens (including phenoxy) is 1. The molecule has 7 nitrogen and oxygen atoms in total. The second-order valence-corrected chi connectivity index (χ2v) is 5.79. The van der Waals surface area contributed by atoms with Gasteiger partial charge >= 0.3 is 13.6 Å². The lowest BCUT2D eigenvalue weighted by Gasteiger charge is -2.20. The molecule has 20 heavy (non-hydrogen) atoms. The van der Waals surface area contributed by atoms with E-state index in [1.165, 1.54) is 19.2 Å². The van der Waals surface area contributed by atoms with Crippen LogP contribution < -0.4 is 16.8 Å². The molecule has 1 aromatic carbocycles. The van der Waals surface area contributed by atoms with Crippen molar-refractivity contribution in [3.63, 3.8) is 0 Å². The molecular formula is C12H19N2O5P. The molecule has 0 aromatic heterocycles. The van der Waals surface area contributed by atoms with Gasteiger partial charge in [-0.15, -0.1) is 0 Å². The quantitative estimate of drug-likeness (QED) is 0.465. The van der Waals surface area contributed by atoms with Crippen molar-refractivity contribution >= 4 is 30.2 Å². The summed E-state index contributed by atoms with van der Waals surface area (Å²) in [6, 6.07) is 2.67. The number of hydrogen-bond donors (Lipinski definition) is 2. The van der Waals surface area contributed by atoms with Crippen molar-refractivity contribution in [2.75, 3.05) is 31.8 Å². The van der Waals surface area contributed by atoms with Crippen LogP contribution in [0.5, 0.6) is 0 Å². The molecule has 1 aromatic rings. The number of rotatable bonds is 6. The van der Waals surface area contributed by atoms with Crippen molar-refractivity contribution in [3.8, 4) is 0 Å². The van der Waals surface area contributed by atoms with Crippen LogP contribution in [0.1, 0.15) is 24.2 Å². The van der Waals surface area contributed by atoms with Crippen LogP contribution >= 0.6 is 7.60 Å². The Labute approximate surface area is 117 Å². The smallest absolute Gasteiger partial charge is 0.365 e. The standard InChI is InChI=1S/C12H19N2O5P/c1-4-18-20(16,19-5-2)11-9(13)6-8(7-10(11)14)12(15)17-3/h6-7H,4-5,13-14H2,1-3H3. The largest absolute Gasteiger partial charge is 0.465 e. The number of nitrogen functional groups attached to an aromatic ring is 2. The fraction of sp³-hybridized carbons (Fsp3) is 0.417. The number of nitrogens with two attached hydrogens (primary N) is 2. The Morgan fingerprint density at radius 3 is 1.95 bits per heavy atom. The molecule has 0 saturated carbocycles. The van der Waals surface area contributed by atoms with E-state index in [2.05, 4.69) is 4.74 Å². The van der Waals surface area contributed by atoms with E-state index in [-0.39, 0.29) is 35.5 Å². The van der Waals surface area contributed by atoms with Crippen LogP contribution in [0.4, 0.5) is 11.4 Å². The predicted octanol–water partition coefficient (Wildman–Crippen LogP) is 1.53. The van der Waals surface area contributed by atoms with Gasteiger partial charge in [-0.1, -0.05) is 0 Å². The first-order valence-electron chi connectivity index (χ1n) is 6.06. The van der Waals surface area contributed by atoms with Gasteiger partial charge in [0.25, 0.3) is 0 Å². The van der Waals surface area contributed by atoms with Gasteiger partial charge in [0.2, 0.25) is 0 Å². The zero-order valence-corrected chi connectivity index (χ0v) is 12.6. The van der Waals surface area contributed by atoms with Crippen LogP contribution in [0.25, 0.3) is 0 Å². The fourth-order valence-electron chi connectivity index (χ4n) is 1.74. The highest BCUT2D eigenvalue weighted by Gasteiger charge is 2.32. The summed E-state index contributed by atoms with van der Waals surface area (Å²) in [5, 5.41) is 0.0776. The van der Waals surface area contributed by atoms with Crippen LogP contribution in [0.3, 0.4) is 0 Å². The molecule has 0 aliphatic rings. The molecular weight excluding hydrogens is 283 g/mol. The van der Waals surface area contributed by atoms with Crippen LogP contribution in [0.15, 0.2) is 12.1 Å². The van der Waals surface area contributed by atoms with Crippen LogP contribution in [0, 0.1) is 0 Å². The normalized spacial score (nSPS) is 11.3. The first-order valence-corrected chi connectivity index (χ1v) is 7.60. The van der Waals surface area contributed by atoms with E-state index in [9.17, 15) is 9.36 Å². The van der Waals surface area contributed by atoms with E-state index in [1.807, 2.05) is 0 Å². The Morgan fingerprint density at radius 2 is 1.60 bits per heavy atom. The molecule has 0 unspecified atom stereocenters. The van der Waals surface area contributed by atoms with Gasteiger partial charge in [-0.2, -0.15) is 0 Å². The number of benzene rings is 1. The van der Waals surface area contributed by atoms with Crippen molar-refractivity contribution in [2.45, 2.75) is 13.8 Å². The van der Waals surface area contributed by atoms with Crippen molar-refractivity contribution in [1.29, 1.82) is 0 Å². The molecule has 0 atom stereocenters. The molecule has 0 heterocycles. The molecule has 0 aliphatic heterocycles. The SMILES string of the molecule is CCOP(=O)(OCC)c1c(N)cc(C(=O)OC)cc1N. The van der Waals surface area contributed by atoms with E-state index < -0.39 is 13.6 Å². The monoisotopic (exact) mass is 302 g/mol. The third-order valence-corrected chi connectivity index (χ3v) is 4.72. The highest BCUT2D eigenvalue weighted by Crippen LogP contribution is 2.50. The van der Waals surface area contributed by atoms with Crippen molar-refractivity contribution in [2.24, 2.45) is 0 Å². The minimum Gasteiger partial charge on any atom is -0.465 e. The predicted molar refractivity (Wildman–Crippen MR) is 77.1 cm³/mol. The zero-order chi connectivity index (χ0) is 15.3.